The summed E-state index contributed by atoms with van der Waals surface area (Å²) < 4.78 is 27.1. The largest absolute Gasteiger partial charge is 0.284 e. The maximum Gasteiger partial charge on any atom is 0.244 e. The standard InChI is InChI=1S/C13H17N3O2S/c1-2-6-13(11-7-4-3-5-8-11)16-19(17,18)12-9-14-15-10-12/h3-5,7-10,13,16H,2,6H2,1H3,(H,14,15). The SMILES string of the molecule is CCCC(NS(=O)(=O)c1cn[nH]c1)c1ccccc1. The van der Waals surface area contributed by atoms with Crippen molar-refractivity contribution < 1.29 is 8.42 Å². The topological polar surface area (TPSA) is 74.8 Å². The molecule has 0 aliphatic heterocycles. The maximum absolute atomic E-state index is 12.2. The molecular weight excluding hydrogens is 262 g/mol. The molecule has 2 aromatic rings. The van der Waals surface area contributed by atoms with Gasteiger partial charge in [0, 0.05) is 12.2 Å². The average Bonchev–Trinajstić information content (AvgIpc) is 2.94. The van der Waals surface area contributed by atoms with Gasteiger partial charge >= 0.3 is 0 Å². The van der Waals surface area contributed by atoms with E-state index in [1.807, 2.05) is 37.3 Å². The van der Waals surface area contributed by atoms with E-state index >= 15 is 0 Å². The fraction of sp³-hybridized carbons (Fsp3) is 0.308. The van der Waals surface area contributed by atoms with Crippen LogP contribution < -0.4 is 4.72 Å². The highest BCUT2D eigenvalue weighted by Crippen LogP contribution is 2.21. The summed E-state index contributed by atoms with van der Waals surface area (Å²) in [5, 5.41) is 6.18. The monoisotopic (exact) mass is 279 g/mol. The zero-order valence-corrected chi connectivity index (χ0v) is 11.5. The molecule has 0 radical (unpaired) electrons. The van der Waals surface area contributed by atoms with Gasteiger partial charge in [-0.05, 0) is 12.0 Å². The first-order chi connectivity index (χ1) is 9.13. The molecule has 1 aromatic heterocycles. The molecule has 0 amide bonds. The van der Waals surface area contributed by atoms with E-state index in [1.54, 1.807) is 0 Å². The van der Waals surface area contributed by atoms with Crippen molar-refractivity contribution in [1.82, 2.24) is 14.9 Å². The molecular formula is C13H17N3O2S. The van der Waals surface area contributed by atoms with Crippen LogP contribution in [0.4, 0.5) is 0 Å². The third-order valence-corrected chi connectivity index (χ3v) is 4.30. The van der Waals surface area contributed by atoms with Crippen LogP contribution in [0.2, 0.25) is 0 Å². The number of nitrogens with zero attached hydrogens (tertiary/aromatic N) is 1. The Morgan fingerprint density at radius 1 is 1.32 bits per heavy atom. The van der Waals surface area contributed by atoms with Gasteiger partial charge in [0.15, 0.2) is 0 Å². The Bertz CT molecular complexity index is 594. The highest BCUT2D eigenvalue weighted by Gasteiger charge is 2.21. The lowest BCUT2D eigenvalue weighted by Gasteiger charge is -2.18. The zero-order valence-electron chi connectivity index (χ0n) is 10.7. The molecule has 1 aromatic carbocycles. The molecule has 0 aliphatic rings. The van der Waals surface area contributed by atoms with E-state index in [2.05, 4.69) is 14.9 Å². The van der Waals surface area contributed by atoms with Gasteiger partial charge in [-0.3, -0.25) is 5.10 Å². The van der Waals surface area contributed by atoms with Gasteiger partial charge in [-0.25, -0.2) is 13.1 Å². The Kier molecular flexibility index (Phi) is 4.34. The predicted octanol–water partition coefficient (Wildman–Crippen LogP) is 2.23. The van der Waals surface area contributed by atoms with Crippen LogP contribution in [-0.4, -0.2) is 18.6 Å². The molecule has 0 fully saturated rings. The van der Waals surface area contributed by atoms with Crippen molar-refractivity contribution in [1.29, 1.82) is 0 Å². The lowest BCUT2D eigenvalue weighted by Crippen LogP contribution is -2.28. The van der Waals surface area contributed by atoms with E-state index in [4.69, 9.17) is 0 Å². The highest BCUT2D eigenvalue weighted by molar-refractivity contribution is 7.89. The number of H-pyrrole nitrogens is 1. The molecule has 6 heteroatoms. The van der Waals surface area contributed by atoms with Crippen LogP contribution in [0.15, 0.2) is 47.6 Å². The summed E-state index contributed by atoms with van der Waals surface area (Å²) in [5.74, 6) is 0. The number of nitrogens with one attached hydrogen (secondary N) is 2. The molecule has 0 saturated heterocycles. The first-order valence-electron chi connectivity index (χ1n) is 6.19. The molecule has 1 heterocycles. The Hall–Kier alpha value is -1.66. The van der Waals surface area contributed by atoms with Gasteiger partial charge in [0.05, 0.1) is 6.20 Å². The Labute approximate surface area is 113 Å². The van der Waals surface area contributed by atoms with Gasteiger partial charge in [0.2, 0.25) is 10.0 Å². The second-order valence-electron chi connectivity index (χ2n) is 4.31. The van der Waals surface area contributed by atoms with Crippen LogP contribution in [0.1, 0.15) is 31.4 Å². The van der Waals surface area contributed by atoms with Crippen LogP contribution in [-0.2, 0) is 10.0 Å². The number of aromatic nitrogens is 2. The highest BCUT2D eigenvalue weighted by atomic mass is 32.2. The summed E-state index contributed by atoms with van der Waals surface area (Å²) in [6, 6.07) is 9.37. The number of benzene rings is 1. The summed E-state index contributed by atoms with van der Waals surface area (Å²) in [5.41, 5.74) is 0.969. The molecule has 0 bridgehead atoms. The summed E-state index contributed by atoms with van der Waals surface area (Å²) in [7, 11) is -3.53. The second-order valence-corrected chi connectivity index (χ2v) is 6.02. The molecule has 0 aliphatic carbocycles. The molecule has 5 nitrogen and oxygen atoms in total. The molecule has 0 spiro atoms. The van der Waals surface area contributed by atoms with Crippen molar-refractivity contribution in [2.45, 2.75) is 30.7 Å². The molecule has 102 valence electrons. The van der Waals surface area contributed by atoms with Crippen LogP contribution in [0, 0.1) is 0 Å². The van der Waals surface area contributed by atoms with Gasteiger partial charge in [0.1, 0.15) is 4.90 Å². The third-order valence-electron chi connectivity index (χ3n) is 2.86. The molecule has 19 heavy (non-hydrogen) atoms. The fourth-order valence-corrected chi connectivity index (χ4v) is 3.07. The van der Waals surface area contributed by atoms with E-state index < -0.39 is 10.0 Å². The molecule has 2 rings (SSSR count). The number of aromatic amines is 1. The third kappa shape index (κ3) is 3.42. The zero-order chi connectivity index (χ0) is 13.7. The van der Waals surface area contributed by atoms with Crippen molar-refractivity contribution in [3.05, 3.63) is 48.3 Å². The molecule has 1 unspecified atom stereocenters. The van der Waals surface area contributed by atoms with E-state index in [-0.39, 0.29) is 10.9 Å². The van der Waals surface area contributed by atoms with Gasteiger partial charge in [-0.1, -0.05) is 43.7 Å². The predicted molar refractivity (Wildman–Crippen MR) is 73.0 cm³/mol. The van der Waals surface area contributed by atoms with Crippen LogP contribution >= 0.6 is 0 Å². The van der Waals surface area contributed by atoms with Gasteiger partial charge in [-0.15, -0.1) is 0 Å². The van der Waals surface area contributed by atoms with Gasteiger partial charge in [0.25, 0.3) is 0 Å². The van der Waals surface area contributed by atoms with Crippen molar-refractivity contribution in [2.24, 2.45) is 0 Å². The van der Waals surface area contributed by atoms with Gasteiger partial charge < -0.3 is 0 Å². The van der Waals surface area contributed by atoms with Crippen LogP contribution in [0.25, 0.3) is 0 Å². The minimum Gasteiger partial charge on any atom is -0.284 e. The summed E-state index contributed by atoms with van der Waals surface area (Å²) in [6.45, 7) is 2.03. The first-order valence-corrected chi connectivity index (χ1v) is 7.68. The van der Waals surface area contributed by atoms with E-state index in [0.29, 0.717) is 0 Å². The summed E-state index contributed by atoms with van der Waals surface area (Å²) >= 11 is 0. The average molecular weight is 279 g/mol. The quantitative estimate of drug-likeness (QED) is 0.851. The minimum absolute atomic E-state index is 0.157. The van der Waals surface area contributed by atoms with Crippen LogP contribution in [0.5, 0.6) is 0 Å². The lowest BCUT2D eigenvalue weighted by atomic mass is 10.0. The molecule has 0 saturated carbocycles. The smallest absolute Gasteiger partial charge is 0.244 e. The fourth-order valence-electron chi connectivity index (χ4n) is 1.91. The van der Waals surface area contributed by atoms with E-state index in [9.17, 15) is 8.42 Å². The number of hydrogen-bond acceptors (Lipinski definition) is 3. The van der Waals surface area contributed by atoms with Crippen molar-refractivity contribution in [3.63, 3.8) is 0 Å². The molecule has 1 atom stereocenters. The van der Waals surface area contributed by atoms with Crippen molar-refractivity contribution in [2.75, 3.05) is 0 Å². The summed E-state index contributed by atoms with van der Waals surface area (Å²) in [6.07, 6.45) is 4.32. The van der Waals surface area contributed by atoms with E-state index in [1.165, 1.54) is 12.4 Å². The minimum atomic E-state index is -3.53. The number of hydrogen-bond donors (Lipinski definition) is 2. The number of rotatable bonds is 6. The Morgan fingerprint density at radius 3 is 2.63 bits per heavy atom. The second kappa shape index (κ2) is 5.99. The normalized spacial score (nSPS) is 13.3. The van der Waals surface area contributed by atoms with Crippen LogP contribution in [0.3, 0.4) is 0 Å². The van der Waals surface area contributed by atoms with E-state index in [0.717, 1.165) is 18.4 Å². The van der Waals surface area contributed by atoms with Crippen molar-refractivity contribution >= 4 is 10.0 Å². The Morgan fingerprint density at radius 2 is 2.05 bits per heavy atom. The maximum atomic E-state index is 12.2. The lowest BCUT2D eigenvalue weighted by molar-refractivity contribution is 0.536. The first kappa shape index (κ1) is 13.8. The number of sulfonamides is 1. The Balaban J connectivity index is 2.23. The molecule has 2 N–H and O–H groups in total. The van der Waals surface area contributed by atoms with Crippen molar-refractivity contribution in [3.8, 4) is 0 Å². The summed E-state index contributed by atoms with van der Waals surface area (Å²) in [4.78, 5) is 0.157. The van der Waals surface area contributed by atoms with Gasteiger partial charge in [-0.2, -0.15) is 5.10 Å².